The third-order valence-corrected chi connectivity index (χ3v) is 1.46. The second-order valence-electron chi connectivity index (χ2n) is 1.16. The Labute approximate surface area is 71.3 Å². The molecule has 0 radical (unpaired) electrons. The van der Waals surface area contributed by atoms with Gasteiger partial charge in [-0.25, -0.2) is 0 Å². The number of ketones is 1. The quantitative estimate of drug-likeness (QED) is 0.536. The number of carbonyl (C=O) groups excluding carboxylic acids is 1. The summed E-state index contributed by atoms with van der Waals surface area (Å²) in [5, 5.41) is 0. The Kier molecular flexibility index (Phi) is 3.41. The monoisotopic (exact) mass is 316 g/mol. The second kappa shape index (κ2) is 3.18. The molecule has 0 aliphatic carbocycles. The van der Waals surface area contributed by atoms with Gasteiger partial charge in [0.2, 0.25) is 0 Å². The first kappa shape index (κ1) is 9.67. The molecule has 0 rings (SSSR count). The van der Waals surface area contributed by atoms with E-state index >= 15 is 0 Å². The highest BCUT2D eigenvalue weighted by atomic mass is 127. The first-order valence-corrected chi connectivity index (χ1v) is 3.91. The van der Waals surface area contributed by atoms with Crippen LogP contribution in [0.3, 0.4) is 0 Å². The molecule has 6 heteroatoms. The minimum Gasteiger partial charge on any atom is -0.287 e. The molecule has 0 aliphatic rings. The van der Waals surface area contributed by atoms with E-state index in [1.54, 1.807) is 0 Å². The lowest BCUT2D eigenvalue weighted by molar-refractivity contribution is -0.168. The van der Waals surface area contributed by atoms with E-state index in [0.717, 1.165) is 0 Å². The molecule has 0 aliphatic heterocycles. The van der Waals surface area contributed by atoms with Crippen molar-refractivity contribution in [2.24, 2.45) is 0 Å². The Hall–Kier alpha value is 0.670. The highest BCUT2D eigenvalue weighted by molar-refractivity contribution is 14.1. The Morgan fingerprint density at radius 2 is 1.89 bits per heavy atom. The highest BCUT2D eigenvalue weighted by Gasteiger charge is 2.41. The van der Waals surface area contributed by atoms with Crippen molar-refractivity contribution in [3.63, 3.8) is 0 Å². The van der Waals surface area contributed by atoms with E-state index in [1.165, 1.54) is 22.6 Å². The van der Waals surface area contributed by atoms with Crippen molar-refractivity contribution in [1.82, 2.24) is 0 Å². The summed E-state index contributed by atoms with van der Waals surface area (Å²) in [6.07, 6.45) is -4.71. The van der Waals surface area contributed by atoms with Crippen molar-refractivity contribution in [3.05, 3.63) is 0 Å². The molecule has 0 spiro atoms. The van der Waals surface area contributed by atoms with Crippen LogP contribution in [-0.4, -0.2) is 14.8 Å². The summed E-state index contributed by atoms with van der Waals surface area (Å²) < 4.78 is 32.8. The van der Waals surface area contributed by atoms with Gasteiger partial charge in [-0.15, -0.1) is 0 Å². The number of rotatable bonds is 1. The summed E-state index contributed by atoms with van der Waals surface area (Å²) in [5.41, 5.74) is 0. The predicted octanol–water partition coefficient (Wildman–Crippen LogP) is 2.27. The summed E-state index contributed by atoms with van der Waals surface area (Å²) in [5.74, 6) is -1.76. The van der Waals surface area contributed by atoms with Crippen LogP contribution in [0.25, 0.3) is 0 Å². The topological polar surface area (TPSA) is 17.1 Å². The number of alkyl halides is 5. The molecule has 0 aromatic carbocycles. The van der Waals surface area contributed by atoms with Crippen LogP contribution in [0.5, 0.6) is 0 Å². The van der Waals surface area contributed by atoms with Crippen molar-refractivity contribution in [2.75, 3.05) is 0 Å². The van der Waals surface area contributed by atoms with Gasteiger partial charge in [0.15, 0.2) is 0 Å². The number of hydrogen-bond acceptors (Lipinski definition) is 1. The summed E-state index contributed by atoms with van der Waals surface area (Å²) in [6.45, 7) is 0. The average Bonchev–Trinajstić information content (AvgIpc) is 1.62. The third-order valence-electron chi connectivity index (χ3n) is 0.478. The van der Waals surface area contributed by atoms with Crippen molar-refractivity contribution in [2.45, 2.75) is 9.01 Å². The molecule has 1 unspecified atom stereocenters. The Morgan fingerprint density at radius 3 is 1.89 bits per heavy atom. The Bertz CT molecular complexity index is 121. The maximum atomic E-state index is 11.3. The Morgan fingerprint density at radius 1 is 1.56 bits per heavy atom. The smallest absolute Gasteiger partial charge is 0.287 e. The lowest BCUT2D eigenvalue weighted by Gasteiger charge is -2.03. The van der Waals surface area contributed by atoms with Crippen LogP contribution < -0.4 is 0 Å². The molecule has 0 heterocycles. The van der Waals surface area contributed by atoms with Crippen LogP contribution in [0.4, 0.5) is 13.2 Å². The molecule has 0 aromatic heterocycles. The van der Waals surface area contributed by atoms with Gasteiger partial charge in [-0.3, -0.25) is 4.79 Å². The van der Waals surface area contributed by atoms with E-state index in [-0.39, 0.29) is 0 Å². The first-order valence-electron chi connectivity index (χ1n) is 1.75. The van der Waals surface area contributed by atoms with Crippen LogP contribution in [0.1, 0.15) is 0 Å². The summed E-state index contributed by atoms with van der Waals surface area (Å²) in [7, 11) is 0. The SMILES string of the molecule is O=C(C(Br)I)C(F)(F)F. The molecular weight excluding hydrogens is 316 g/mol. The van der Waals surface area contributed by atoms with Gasteiger partial charge in [0.25, 0.3) is 5.78 Å². The van der Waals surface area contributed by atoms with Crippen LogP contribution >= 0.6 is 38.5 Å². The zero-order valence-corrected chi connectivity index (χ0v) is 7.62. The molecule has 54 valence electrons. The zero-order valence-electron chi connectivity index (χ0n) is 3.88. The summed E-state index contributed by atoms with van der Waals surface area (Å²) >= 11 is 3.83. The molecule has 0 N–H and O–H groups in total. The predicted molar refractivity (Wildman–Crippen MR) is 37.8 cm³/mol. The molecule has 1 atom stereocenters. The second-order valence-corrected chi connectivity index (χ2v) is 5.04. The van der Waals surface area contributed by atoms with Crippen molar-refractivity contribution < 1.29 is 18.0 Å². The normalized spacial score (nSPS) is 15.2. The van der Waals surface area contributed by atoms with E-state index in [4.69, 9.17) is 0 Å². The Balaban J connectivity index is 4.06. The minimum absolute atomic E-state index is 1.17. The van der Waals surface area contributed by atoms with Crippen LogP contribution in [0, 0.1) is 0 Å². The van der Waals surface area contributed by atoms with Gasteiger partial charge >= 0.3 is 6.18 Å². The molecular formula is C3HBrF3IO. The molecule has 1 nitrogen and oxygen atoms in total. The van der Waals surface area contributed by atoms with Gasteiger partial charge in [-0.1, -0.05) is 38.5 Å². The zero-order chi connectivity index (χ0) is 7.65. The number of carbonyl (C=O) groups is 1. The van der Waals surface area contributed by atoms with Crippen molar-refractivity contribution in [3.8, 4) is 0 Å². The van der Waals surface area contributed by atoms with Gasteiger partial charge in [0, 0.05) is 0 Å². The summed E-state index contributed by atoms with van der Waals surface area (Å²) in [4.78, 5) is 9.98. The lowest BCUT2D eigenvalue weighted by Crippen LogP contribution is -2.27. The third kappa shape index (κ3) is 3.39. The standard InChI is InChI=1S/C3HBrF3IO/c4-2(8)1(9)3(5,6)7/h2H. The maximum Gasteiger partial charge on any atom is 0.452 e. The van der Waals surface area contributed by atoms with Crippen LogP contribution in [0.2, 0.25) is 0 Å². The molecule has 0 saturated carbocycles. The molecule has 0 saturated heterocycles. The number of hydrogen-bond donors (Lipinski definition) is 0. The first-order chi connectivity index (χ1) is 3.85. The lowest BCUT2D eigenvalue weighted by atomic mass is 10.4. The minimum atomic E-state index is -4.71. The number of halogens is 5. The van der Waals surface area contributed by atoms with E-state index < -0.39 is 14.8 Å². The van der Waals surface area contributed by atoms with Crippen LogP contribution in [-0.2, 0) is 4.79 Å². The molecule has 0 amide bonds. The molecule has 9 heavy (non-hydrogen) atoms. The van der Waals surface area contributed by atoms with Gasteiger partial charge in [-0.2, -0.15) is 13.2 Å². The van der Waals surface area contributed by atoms with Crippen molar-refractivity contribution in [1.29, 1.82) is 0 Å². The molecule has 0 bridgehead atoms. The fraction of sp³-hybridized carbons (Fsp3) is 0.667. The van der Waals surface area contributed by atoms with Crippen molar-refractivity contribution >= 4 is 44.3 Å². The van der Waals surface area contributed by atoms with Gasteiger partial charge < -0.3 is 0 Å². The molecule has 0 fully saturated rings. The fourth-order valence-corrected chi connectivity index (χ4v) is 0.736. The van der Waals surface area contributed by atoms with Gasteiger partial charge in [0.1, 0.15) is 2.83 Å². The number of Topliss-reactive ketones (excluding diaryl/α,β-unsaturated/α-hetero) is 1. The molecule has 0 aromatic rings. The average molecular weight is 317 g/mol. The highest BCUT2D eigenvalue weighted by Crippen LogP contribution is 2.24. The van der Waals surface area contributed by atoms with Gasteiger partial charge in [0.05, 0.1) is 0 Å². The van der Waals surface area contributed by atoms with E-state index in [0.29, 0.717) is 0 Å². The van der Waals surface area contributed by atoms with Crippen LogP contribution in [0.15, 0.2) is 0 Å². The van der Waals surface area contributed by atoms with E-state index in [9.17, 15) is 18.0 Å². The largest absolute Gasteiger partial charge is 0.452 e. The maximum absolute atomic E-state index is 11.3. The van der Waals surface area contributed by atoms with Gasteiger partial charge in [-0.05, 0) is 0 Å². The summed E-state index contributed by atoms with van der Waals surface area (Å²) in [6, 6.07) is 0. The van der Waals surface area contributed by atoms with E-state index in [1.807, 2.05) is 0 Å². The van der Waals surface area contributed by atoms with E-state index in [2.05, 4.69) is 15.9 Å². The fourth-order valence-electron chi connectivity index (χ4n) is 0.124.